The van der Waals surface area contributed by atoms with E-state index < -0.39 is 16.0 Å². The number of rotatable bonds is 8. The average Bonchev–Trinajstić information content (AvgIpc) is 3.16. The minimum absolute atomic E-state index is 0.0931. The Morgan fingerprint density at radius 2 is 1.85 bits per heavy atom. The van der Waals surface area contributed by atoms with E-state index in [0.29, 0.717) is 55.8 Å². The summed E-state index contributed by atoms with van der Waals surface area (Å²) in [5, 5.41) is 2.40. The van der Waals surface area contributed by atoms with Crippen molar-refractivity contribution >= 4 is 27.0 Å². The van der Waals surface area contributed by atoms with Crippen molar-refractivity contribution in [1.82, 2.24) is 9.42 Å². The summed E-state index contributed by atoms with van der Waals surface area (Å²) in [5.41, 5.74) is 2.06. The molecule has 4 rings (SSSR count). The second-order valence-corrected chi connectivity index (χ2v) is 9.63. The van der Waals surface area contributed by atoms with Crippen LogP contribution in [0.5, 0.6) is 0 Å². The predicted octanol–water partition coefficient (Wildman–Crippen LogP) is 3.40. The Balaban J connectivity index is 1.68. The number of hydrogen-bond acceptors (Lipinski definition) is 7. The summed E-state index contributed by atoms with van der Waals surface area (Å²) in [5.74, 6) is -0.469. The molecule has 0 amide bonds. The van der Waals surface area contributed by atoms with E-state index in [4.69, 9.17) is 13.9 Å². The standard InChI is InChI=1S/C24H28N2O6S/c1-3-31-24(27)23-18(2)21-17-20(9-10-22(21)32-23)33(28,29)26(25-13-15-30-16-14-25)12-11-19-7-5-4-6-8-19/h4-10,17H,3,11-16H2,1-2H3. The minimum atomic E-state index is -3.85. The fraction of sp³-hybridized carbons (Fsp3) is 0.375. The van der Waals surface area contributed by atoms with E-state index >= 15 is 0 Å². The van der Waals surface area contributed by atoms with Crippen LogP contribution in [-0.4, -0.2) is 63.3 Å². The van der Waals surface area contributed by atoms with Gasteiger partial charge in [0.2, 0.25) is 5.76 Å². The molecule has 1 aliphatic rings. The Bertz CT molecular complexity index is 1220. The topological polar surface area (TPSA) is 89.3 Å². The van der Waals surface area contributed by atoms with Gasteiger partial charge in [-0.15, -0.1) is 4.41 Å². The molecule has 3 aromatic rings. The molecule has 0 radical (unpaired) electrons. The van der Waals surface area contributed by atoms with Crippen molar-refractivity contribution in [1.29, 1.82) is 0 Å². The highest BCUT2D eigenvalue weighted by Crippen LogP contribution is 2.30. The van der Waals surface area contributed by atoms with Gasteiger partial charge in [-0.1, -0.05) is 30.3 Å². The van der Waals surface area contributed by atoms with E-state index in [9.17, 15) is 13.2 Å². The lowest BCUT2D eigenvalue weighted by Crippen LogP contribution is -2.52. The Morgan fingerprint density at radius 3 is 2.55 bits per heavy atom. The van der Waals surface area contributed by atoms with Crippen molar-refractivity contribution in [2.24, 2.45) is 0 Å². The highest BCUT2D eigenvalue weighted by Gasteiger charge is 2.32. The average molecular weight is 473 g/mol. The van der Waals surface area contributed by atoms with Crippen LogP contribution < -0.4 is 0 Å². The van der Waals surface area contributed by atoms with Gasteiger partial charge in [0.1, 0.15) is 5.58 Å². The number of hydrazine groups is 1. The second kappa shape index (κ2) is 10.0. The maximum absolute atomic E-state index is 13.8. The van der Waals surface area contributed by atoms with E-state index in [2.05, 4.69) is 0 Å². The quantitative estimate of drug-likeness (QED) is 0.464. The van der Waals surface area contributed by atoms with Crippen molar-refractivity contribution in [2.45, 2.75) is 25.2 Å². The van der Waals surface area contributed by atoms with E-state index in [1.807, 2.05) is 35.3 Å². The number of benzene rings is 2. The van der Waals surface area contributed by atoms with E-state index in [-0.39, 0.29) is 17.3 Å². The molecular weight excluding hydrogens is 444 g/mol. The van der Waals surface area contributed by atoms with Gasteiger partial charge in [-0.05, 0) is 44.0 Å². The molecule has 1 aliphatic heterocycles. The number of carbonyl (C=O) groups is 1. The van der Waals surface area contributed by atoms with Crippen molar-refractivity contribution in [3.05, 3.63) is 65.4 Å². The summed E-state index contributed by atoms with van der Waals surface area (Å²) in [6.07, 6.45) is 0.581. The van der Waals surface area contributed by atoms with Crippen LogP contribution in [0.15, 0.2) is 57.8 Å². The first-order valence-corrected chi connectivity index (χ1v) is 12.5. The van der Waals surface area contributed by atoms with Crippen LogP contribution in [0.2, 0.25) is 0 Å². The van der Waals surface area contributed by atoms with Crippen LogP contribution in [0.1, 0.15) is 28.6 Å². The highest BCUT2D eigenvalue weighted by molar-refractivity contribution is 7.89. The van der Waals surface area contributed by atoms with Gasteiger partial charge >= 0.3 is 5.97 Å². The summed E-state index contributed by atoms with van der Waals surface area (Å²) < 4.78 is 45.1. The van der Waals surface area contributed by atoms with Gasteiger partial charge in [-0.3, -0.25) is 0 Å². The fourth-order valence-corrected chi connectivity index (χ4v) is 5.48. The predicted molar refractivity (Wildman–Crippen MR) is 123 cm³/mol. The Hall–Kier alpha value is -2.72. The fourth-order valence-electron chi connectivity index (χ4n) is 3.93. The van der Waals surface area contributed by atoms with Gasteiger partial charge in [-0.2, -0.15) is 0 Å². The van der Waals surface area contributed by atoms with Crippen LogP contribution in [0.25, 0.3) is 11.0 Å². The lowest BCUT2D eigenvalue weighted by Gasteiger charge is -2.36. The maximum Gasteiger partial charge on any atom is 0.374 e. The number of esters is 1. The molecule has 8 nitrogen and oxygen atoms in total. The molecule has 0 atom stereocenters. The molecule has 2 aromatic carbocycles. The smallest absolute Gasteiger partial charge is 0.374 e. The van der Waals surface area contributed by atoms with Gasteiger partial charge < -0.3 is 13.9 Å². The van der Waals surface area contributed by atoms with Crippen LogP contribution in [0.4, 0.5) is 0 Å². The van der Waals surface area contributed by atoms with Crippen molar-refractivity contribution in [2.75, 3.05) is 39.5 Å². The van der Waals surface area contributed by atoms with Gasteiger partial charge in [0.15, 0.2) is 0 Å². The van der Waals surface area contributed by atoms with Gasteiger partial charge in [0.05, 0.1) is 24.7 Å². The summed E-state index contributed by atoms with van der Waals surface area (Å²) >= 11 is 0. The third kappa shape index (κ3) is 4.96. The molecule has 0 saturated carbocycles. The van der Waals surface area contributed by atoms with Crippen molar-refractivity contribution < 1.29 is 27.1 Å². The molecule has 0 N–H and O–H groups in total. The normalized spacial score (nSPS) is 15.2. The number of fused-ring (bicyclic) bond motifs is 1. The second-order valence-electron chi connectivity index (χ2n) is 7.79. The number of hydrogen-bond donors (Lipinski definition) is 0. The van der Waals surface area contributed by atoms with E-state index in [1.54, 1.807) is 26.0 Å². The number of furan rings is 1. The van der Waals surface area contributed by atoms with Gasteiger partial charge in [0.25, 0.3) is 10.0 Å². The number of ether oxygens (including phenoxy) is 2. The Kier molecular flexibility index (Phi) is 7.14. The van der Waals surface area contributed by atoms with Crippen molar-refractivity contribution in [3.8, 4) is 0 Å². The third-order valence-electron chi connectivity index (χ3n) is 5.68. The third-order valence-corrected chi connectivity index (χ3v) is 7.50. The number of sulfonamides is 1. The van der Waals surface area contributed by atoms with Crippen LogP contribution in [-0.2, 0) is 25.9 Å². The lowest BCUT2D eigenvalue weighted by atomic mass is 10.1. The lowest BCUT2D eigenvalue weighted by molar-refractivity contribution is -0.0414. The molecule has 176 valence electrons. The van der Waals surface area contributed by atoms with E-state index in [1.165, 1.54) is 10.5 Å². The monoisotopic (exact) mass is 472 g/mol. The molecule has 0 spiro atoms. The molecule has 1 aromatic heterocycles. The number of nitrogens with zero attached hydrogens (tertiary/aromatic N) is 2. The van der Waals surface area contributed by atoms with Gasteiger partial charge in [-0.25, -0.2) is 18.2 Å². The van der Waals surface area contributed by atoms with Crippen LogP contribution in [0, 0.1) is 6.92 Å². The summed E-state index contributed by atoms with van der Waals surface area (Å²) in [7, 11) is -3.85. The van der Waals surface area contributed by atoms with E-state index in [0.717, 1.165) is 5.56 Å². The molecule has 33 heavy (non-hydrogen) atoms. The van der Waals surface area contributed by atoms with Crippen molar-refractivity contribution in [3.63, 3.8) is 0 Å². The first-order valence-electron chi connectivity index (χ1n) is 11.0. The zero-order valence-electron chi connectivity index (χ0n) is 18.8. The Morgan fingerprint density at radius 1 is 1.12 bits per heavy atom. The van der Waals surface area contributed by atoms with Crippen LogP contribution >= 0.6 is 0 Å². The zero-order valence-corrected chi connectivity index (χ0v) is 19.6. The molecule has 0 aliphatic carbocycles. The molecule has 0 bridgehead atoms. The summed E-state index contributed by atoms with van der Waals surface area (Å²) in [6.45, 7) is 5.91. The number of aryl methyl sites for hydroxylation is 1. The summed E-state index contributed by atoms with van der Waals surface area (Å²) in [6, 6.07) is 14.5. The molecule has 0 unspecified atom stereocenters. The number of morpholine rings is 1. The molecule has 1 fully saturated rings. The molecular formula is C24H28N2O6S. The molecule has 9 heteroatoms. The summed E-state index contributed by atoms with van der Waals surface area (Å²) in [4.78, 5) is 12.3. The number of carbonyl (C=O) groups excluding carboxylic acids is 1. The van der Waals surface area contributed by atoms with Gasteiger partial charge in [0, 0.05) is 30.6 Å². The first-order chi connectivity index (χ1) is 15.9. The van der Waals surface area contributed by atoms with Crippen LogP contribution in [0.3, 0.4) is 0 Å². The Labute approximate surface area is 193 Å². The highest BCUT2D eigenvalue weighted by atomic mass is 32.2. The maximum atomic E-state index is 13.8. The minimum Gasteiger partial charge on any atom is -0.460 e. The first kappa shape index (κ1) is 23.4. The largest absolute Gasteiger partial charge is 0.460 e. The zero-order chi connectivity index (χ0) is 23.4. The SMILES string of the molecule is CCOC(=O)c1oc2ccc(S(=O)(=O)N(CCc3ccccc3)N3CCOCC3)cc2c1C. The molecule has 2 heterocycles. The molecule has 1 saturated heterocycles.